The molecule has 5 heteroatoms. The van der Waals surface area contributed by atoms with E-state index < -0.39 is 4.92 Å². The van der Waals surface area contributed by atoms with E-state index in [2.05, 4.69) is 0 Å². The minimum absolute atomic E-state index is 0.00756. The first-order valence-corrected chi connectivity index (χ1v) is 7.00. The number of nitrogens with zero attached hydrogens (tertiary/aromatic N) is 2. The highest BCUT2D eigenvalue weighted by molar-refractivity contribution is 5.97. The van der Waals surface area contributed by atoms with Gasteiger partial charge in [0.1, 0.15) is 0 Å². The number of hydrogen-bond acceptors (Lipinski definition) is 3. The topological polar surface area (TPSA) is 63.5 Å². The molecule has 0 spiro atoms. The maximum Gasteiger partial charge on any atom is 0.273 e. The summed E-state index contributed by atoms with van der Waals surface area (Å²) in [6.45, 7) is 5.73. The van der Waals surface area contributed by atoms with Crippen molar-refractivity contribution in [2.24, 2.45) is 0 Å². The summed E-state index contributed by atoms with van der Waals surface area (Å²) >= 11 is 0. The summed E-state index contributed by atoms with van der Waals surface area (Å²) in [6, 6.07) is 5.07. The van der Waals surface area contributed by atoms with Gasteiger partial charge >= 0.3 is 0 Å². The van der Waals surface area contributed by atoms with E-state index in [0.29, 0.717) is 11.1 Å². The summed E-state index contributed by atoms with van der Waals surface area (Å²) in [5, 5.41) is 11.0. The van der Waals surface area contributed by atoms with Gasteiger partial charge in [0, 0.05) is 29.3 Å². The van der Waals surface area contributed by atoms with Gasteiger partial charge in [-0.2, -0.15) is 0 Å². The Morgan fingerprint density at radius 2 is 1.90 bits per heavy atom. The van der Waals surface area contributed by atoms with E-state index in [-0.39, 0.29) is 23.7 Å². The second kappa shape index (κ2) is 5.61. The molecule has 1 aliphatic heterocycles. The van der Waals surface area contributed by atoms with Crippen LogP contribution in [0.5, 0.6) is 0 Å². The predicted molar refractivity (Wildman–Crippen MR) is 76.8 cm³/mol. The molecule has 0 saturated carbocycles. The molecule has 1 heterocycles. The number of amides is 1. The number of nitro benzene ring substituents is 1. The molecular formula is C15H20N2O3. The Hall–Kier alpha value is -1.91. The fraction of sp³-hybridized carbons (Fsp3) is 0.533. The molecule has 0 radical (unpaired) electrons. The molecule has 5 nitrogen and oxygen atoms in total. The van der Waals surface area contributed by atoms with Crippen molar-refractivity contribution >= 4 is 11.6 Å². The minimum Gasteiger partial charge on any atom is -0.333 e. The molecule has 1 aliphatic rings. The molecule has 108 valence electrons. The molecule has 1 aromatic rings. The lowest BCUT2D eigenvalue weighted by Gasteiger charge is -2.39. The average molecular weight is 276 g/mol. The highest BCUT2D eigenvalue weighted by Gasteiger charge is 2.31. The predicted octanol–water partition coefficient (Wildman–Crippen LogP) is 3.31. The minimum atomic E-state index is -0.435. The summed E-state index contributed by atoms with van der Waals surface area (Å²) in [7, 11) is 0. The molecule has 1 amide bonds. The van der Waals surface area contributed by atoms with Crippen molar-refractivity contribution in [2.75, 3.05) is 0 Å². The van der Waals surface area contributed by atoms with Crippen LogP contribution in [0.25, 0.3) is 0 Å². The van der Waals surface area contributed by atoms with Crippen LogP contribution in [-0.2, 0) is 0 Å². The summed E-state index contributed by atoms with van der Waals surface area (Å²) in [5.74, 6) is -0.0918. The van der Waals surface area contributed by atoms with E-state index in [0.717, 1.165) is 19.3 Å². The third kappa shape index (κ3) is 2.53. The van der Waals surface area contributed by atoms with Crippen LogP contribution >= 0.6 is 0 Å². The van der Waals surface area contributed by atoms with Gasteiger partial charge in [0.05, 0.1) is 4.92 Å². The number of carbonyl (C=O) groups excluding carboxylic acids is 1. The molecule has 0 N–H and O–H groups in total. The molecule has 2 rings (SSSR count). The van der Waals surface area contributed by atoms with Gasteiger partial charge in [-0.3, -0.25) is 14.9 Å². The first-order valence-electron chi connectivity index (χ1n) is 7.00. The van der Waals surface area contributed by atoms with E-state index in [1.807, 2.05) is 18.7 Å². The maximum atomic E-state index is 12.7. The van der Waals surface area contributed by atoms with Gasteiger partial charge in [0.15, 0.2) is 0 Å². The lowest BCUT2D eigenvalue weighted by Crippen LogP contribution is -2.47. The lowest BCUT2D eigenvalue weighted by molar-refractivity contribution is -0.385. The van der Waals surface area contributed by atoms with E-state index >= 15 is 0 Å². The van der Waals surface area contributed by atoms with Gasteiger partial charge in [0.2, 0.25) is 0 Å². The Labute approximate surface area is 118 Å². The standard InChI is InChI=1S/C15H20N2O3/c1-10-6-4-7-11(2)16(10)15(18)13-8-5-9-14(12(13)3)17(19)20/h5,8-11H,4,6-7H2,1-3H3. The van der Waals surface area contributed by atoms with Crippen LogP contribution in [-0.4, -0.2) is 27.8 Å². The Balaban J connectivity index is 2.38. The number of rotatable bonds is 2. The Kier molecular flexibility index (Phi) is 4.06. The van der Waals surface area contributed by atoms with E-state index in [1.165, 1.54) is 6.07 Å². The van der Waals surface area contributed by atoms with E-state index in [4.69, 9.17) is 0 Å². The van der Waals surface area contributed by atoms with Gasteiger partial charge in [-0.25, -0.2) is 0 Å². The van der Waals surface area contributed by atoms with Crippen molar-refractivity contribution in [3.63, 3.8) is 0 Å². The normalized spacial score (nSPS) is 22.6. The second-order valence-electron chi connectivity index (χ2n) is 5.55. The number of benzene rings is 1. The zero-order chi connectivity index (χ0) is 14.9. The molecule has 1 saturated heterocycles. The van der Waals surface area contributed by atoms with Gasteiger partial charge in [-0.15, -0.1) is 0 Å². The third-order valence-corrected chi connectivity index (χ3v) is 4.16. The zero-order valence-corrected chi connectivity index (χ0v) is 12.1. The Morgan fingerprint density at radius 3 is 2.45 bits per heavy atom. The maximum absolute atomic E-state index is 12.7. The van der Waals surface area contributed by atoms with Crippen molar-refractivity contribution < 1.29 is 9.72 Å². The monoisotopic (exact) mass is 276 g/mol. The average Bonchev–Trinajstić information content (AvgIpc) is 2.38. The van der Waals surface area contributed by atoms with Gasteiger partial charge in [0.25, 0.3) is 11.6 Å². The molecule has 2 unspecified atom stereocenters. The van der Waals surface area contributed by atoms with Gasteiger partial charge in [-0.1, -0.05) is 6.07 Å². The van der Waals surface area contributed by atoms with Gasteiger partial charge < -0.3 is 4.90 Å². The Morgan fingerprint density at radius 1 is 1.30 bits per heavy atom. The van der Waals surface area contributed by atoms with Crippen LogP contribution in [0.15, 0.2) is 18.2 Å². The molecule has 2 atom stereocenters. The number of likely N-dealkylation sites (tertiary alicyclic amines) is 1. The van der Waals surface area contributed by atoms with Crippen molar-refractivity contribution in [2.45, 2.75) is 52.1 Å². The highest BCUT2D eigenvalue weighted by atomic mass is 16.6. The van der Waals surface area contributed by atoms with E-state index in [9.17, 15) is 14.9 Å². The molecule has 20 heavy (non-hydrogen) atoms. The van der Waals surface area contributed by atoms with Crippen LogP contribution < -0.4 is 0 Å². The van der Waals surface area contributed by atoms with Crippen LogP contribution in [0.4, 0.5) is 5.69 Å². The number of piperidine rings is 1. The molecule has 0 bridgehead atoms. The number of nitro groups is 1. The molecule has 1 fully saturated rings. The lowest BCUT2D eigenvalue weighted by atomic mass is 9.95. The third-order valence-electron chi connectivity index (χ3n) is 4.16. The van der Waals surface area contributed by atoms with Crippen LogP contribution in [0.3, 0.4) is 0 Å². The largest absolute Gasteiger partial charge is 0.333 e. The van der Waals surface area contributed by atoms with Crippen LogP contribution in [0.1, 0.15) is 49.0 Å². The fourth-order valence-electron chi connectivity index (χ4n) is 3.01. The van der Waals surface area contributed by atoms with Crippen LogP contribution in [0, 0.1) is 17.0 Å². The highest BCUT2D eigenvalue weighted by Crippen LogP contribution is 2.28. The molecule has 0 aliphatic carbocycles. The summed E-state index contributed by atoms with van der Waals surface area (Å²) in [4.78, 5) is 25.1. The smallest absolute Gasteiger partial charge is 0.273 e. The van der Waals surface area contributed by atoms with Crippen molar-refractivity contribution in [3.8, 4) is 0 Å². The summed E-state index contributed by atoms with van der Waals surface area (Å²) < 4.78 is 0. The molecular weight excluding hydrogens is 256 g/mol. The number of carbonyl (C=O) groups is 1. The second-order valence-corrected chi connectivity index (χ2v) is 5.55. The van der Waals surface area contributed by atoms with Crippen molar-refractivity contribution in [1.82, 2.24) is 4.90 Å². The molecule has 0 aromatic heterocycles. The van der Waals surface area contributed by atoms with Gasteiger partial charge in [-0.05, 0) is 46.1 Å². The van der Waals surface area contributed by atoms with Crippen molar-refractivity contribution in [1.29, 1.82) is 0 Å². The molecule has 1 aromatic carbocycles. The SMILES string of the molecule is Cc1c(C(=O)N2C(C)CCCC2C)cccc1[N+](=O)[O-]. The first kappa shape index (κ1) is 14.5. The summed E-state index contributed by atoms with van der Waals surface area (Å²) in [5.41, 5.74) is 0.903. The fourth-order valence-corrected chi connectivity index (χ4v) is 3.01. The quantitative estimate of drug-likeness (QED) is 0.615. The first-order chi connectivity index (χ1) is 9.43. The summed E-state index contributed by atoms with van der Waals surface area (Å²) in [6.07, 6.45) is 3.11. The van der Waals surface area contributed by atoms with E-state index in [1.54, 1.807) is 19.1 Å². The zero-order valence-electron chi connectivity index (χ0n) is 12.1. The van der Waals surface area contributed by atoms with Crippen molar-refractivity contribution in [3.05, 3.63) is 39.4 Å². The van der Waals surface area contributed by atoms with Crippen LogP contribution in [0.2, 0.25) is 0 Å². The Bertz CT molecular complexity index is 532. The number of hydrogen-bond donors (Lipinski definition) is 0.